The number of fused-ring (bicyclic) bond motifs is 2. The molecule has 6 heteroatoms. The summed E-state index contributed by atoms with van der Waals surface area (Å²) in [7, 11) is 0. The van der Waals surface area contributed by atoms with Gasteiger partial charge in [-0.3, -0.25) is 4.79 Å². The van der Waals surface area contributed by atoms with Crippen molar-refractivity contribution in [2.75, 3.05) is 31.1 Å². The minimum atomic E-state index is 0.400. The molecule has 4 heterocycles. The van der Waals surface area contributed by atoms with Crippen LogP contribution in [-0.4, -0.2) is 51.6 Å². The second kappa shape index (κ2) is 6.80. The standard InChI is InChI=1S/C21H29N5O/c1-15-11-20(26-19(23-15)5-8-22-26)24-9-6-16(7-10-24)12-21(27)25-13-17-3-2-4-18(17)14-25/h5,8,11,16-18H,2-4,6-7,9-10,12-14H2,1H3. The molecule has 3 fully saturated rings. The average molecular weight is 367 g/mol. The summed E-state index contributed by atoms with van der Waals surface area (Å²) < 4.78 is 1.93. The van der Waals surface area contributed by atoms with E-state index in [0.717, 1.165) is 74.4 Å². The third-order valence-corrected chi connectivity index (χ3v) is 6.95. The van der Waals surface area contributed by atoms with Crippen molar-refractivity contribution in [1.29, 1.82) is 0 Å². The summed E-state index contributed by atoms with van der Waals surface area (Å²) in [6.07, 6.45) is 8.74. The fourth-order valence-electron chi connectivity index (χ4n) is 5.42. The van der Waals surface area contributed by atoms with Gasteiger partial charge in [0.2, 0.25) is 5.91 Å². The molecule has 2 aliphatic heterocycles. The van der Waals surface area contributed by atoms with Gasteiger partial charge in [0.05, 0.1) is 6.20 Å². The monoisotopic (exact) mass is 367 g/mol. The Labute approximate surface area is 160 Å². The van der Waals surface area contributed by atoms with Crippen molar-refractivity contribution >= 4 is 17.4 Å². The lowest BCUT2D eigenvalue weighted by atomic mass is 9.93. The van der Waals surface area contributed by atoms with Crippen LogP contribution in [0.5, 0.6) is 0 Å². The van der Waals surface area contributed by atoms with Gasteiger partial charge >= 0.3 is 0 Å². The lowest BCUT2D eigenvalue weighted by Crippen LogP contribution is -2.38. The van der Waals surface area contributed by atoms with Crippen LogP contribution in [0, 0.1) is 24.7 Å². The highest BCUT2D eigenvalue weighted by Crippen LogP contribution is 2.38. The maximum absolute atomic E-state index is 12.8. The number of hydrogen-bond donors (Lipinski definition) is 0. The van der Waals surface area contributed by atoms with Crippen molar-refractivity contribution in [2.24, 2.45) is 17.8 Å². The van der Waals surface area contributed by atoms with Gasteiger partial charge in [-0.25, -0.2) is 4.98 Å². The van der Waals surface area contributed by atoms with Gasteiger partial charge in [-0.1, -0.05) is 6.42 Å². The first kappa shape index (κ1) is 17.0. The molecule has 1 aliphatic carbocycles. The van der Waals surface area contributed by atoms with Gasteiger partial charge in [0, 0.05) is 50.4 Å². The van der Waals surface area contributed by atoms with Crippen molar-refractivity contribution < 1.29 is 4.79 Å². The van der Waals surface area contributed by atoms with Crippen molar-refractivity contribution in [3.05, 3.63) is 24.0 Å². The molecule has 2 aromatic heterocycles. The maximum Gasteiger partial charge on any atom is 0.222 e. The van der Waals surface area contributed by atoms with E-state index in [9.17, 15) is 4.79 Å². The highest BCUT2D eigenvalue weighted by atomic mass is 16.2. The number of carbonyl (C=O) groups excluding carboxylic acids is 1. The Kier molecular flexibility index (Phi) is 4.29. The molecular formula is C21H29N5O. The molecule has 1 amide bonds. The van der Waals surface area contributed by atoms with E-state index in [4.69, 9.17) is 0 Å². The van der Waals surface area contributed by atoms with Crippen LogP contribution in [0.25, 0.3) is 5.65 Å². The molecule has 2 unspecified atom stereocenters. The Morgan fingerprint density at radius 2 is 1.89 bits per heavy atom. The highest BCUT2D eigenvalue weighted by Gasteiger charge is 2.38. The lowest BCUT2D eigenvalue weighted by Gasteiger charge is -2.34. The fraction of sp³-hybridized carbons (Fsp3) is 0.667. The molecule has 0 spiro atoms. The zero-order valence-electron chi connectivity index (χ0n) is 16.2. The first-order valence-corrected chi connectivity index (χ1v) is 10.5. The molecule has 0 radical (unpaired) electrons. The molecule has 6 nitrogen and oxygen atoms in total. The van der Waals surface area contributed by atoms with Crippen LogP contribution in [0.2, 0.25) is 0 Å². The van der Waals surface area contributed by atoms with Crippen LogP contribution >= 0.6 is 0 Å². The van der Waals surface area contributed by atoms with Crippen LogP contribution in [0.3, 0.4) is 0 Å². The number of carbonyl (C=O) groups is 1. The smallest absolute Gasteiger partial charge is 0.222 e. The van der Waals surface area contributed by atoms with E-state index in [0.29, 0.717) is 11.8 Å². The maximum atomic E-state index is 12.8. The zero-order valence-corrected chi connectivity index (χ0v) is 16.2. The Bertz CT molecular complexity index is 826. The minimum Gasteiger partial charge on any atom is -0.356 e. The molecule has 0 N–H and O–H groups in total. The van der Waals surface area contributed by atoms with E-state index >= 15 is 0 Å². The van der Waals surface area contributed by atoms with Crippen LogP contribution in [0.4, 0.5) is 5.82 Å². The van der Waals surface area contributed by atoms with Crippen molar-refractivity contribution in [2.45, 2.75) is 45.4 Å². The molecule has 2 atom stereocenters. The van der Waals surface area contributed by atoms with Crippen LogP contribution in [0.15, 0.2) is 18.3 Å². The van der Waals surface area contributed by atoms with Crippen LogP contribution in [0.1, 0.15) is 44.2 Å². The van der Waals surface area contributed by atoms with Gasteiger partial charge in [-0.15, -0.1) is 0 Å². The quantitative estimate of drug-likeness (QED) is 0.837. The van der Waals surface area contributed by atoms with Crippen LogP contribution in [-0.2, 0) is 4.79 Å². The number of aryl methyl sites for hydroxylation is 1. The Morgan fingerprint density at radius 3 is 2.63 bits per heavy atom. The number of anilines is 1. The molecule has 2 aromatic rings. The van der Waals surface area contributed by atoms with Gasteiger partial charge in [0.25, 0.3) is 0 Å². The number of aromatic nitrogens is 3. The molecule has 144 valence electrons. The number of amides is 1. The minimum absolute atomic E-state index is 0.400. The third-order valence-electron chi connectivity index (χ3n) is 6.95. The first-order valence-electron chi connectivity index (χ1n) is 10.5. The molecule has 0 aromatic carbocycles. The second-order valence-electron chi connectivity index (χ2n) is 8.74. The highest BCUT2D eigenvalue weighted by molar-refractivity contribution is 5.76. The summed E-state index contributed by atoms with van der Waals surface area (Å²) in [6.45, 7) is 6.06. The lowest BCUT2D eigenvalue weighted by molar-refractivity contribution is -0.131. The topological polar surface area (TPSA) is 53.7 Å². The van der Waals surface area contributed by atoms with Gasteiger partial charge in [-0.05, 0) is 50.4 Å². The van der Waals surface area contributed by atoms with Crippen molar-refractivity contribution in [1.82, 2.24) is 19.5 Å². The van der Waals surface area contributed by atoms with Gasteiger partial charge in [0.1, 0.15) is 5.82 Å². The van der Waals surface area contributed by atoms with E-state index in [2.05, 4.69) is 25.9 Å². The summed E-state index contributed by atoms with van der Waals surface area (Å²) in [4.78, 5) is 21.9. The summed E-state index contributed by atoms with van der Waals surface area (Å²) >= 11 is 0. The van der Waals surface area contributed by atoms with E-state index < -0.39 is 0 Å². The molecule has 1 saturated carbocycles. The molecule has 2 saturated heterocycles. The van der Waals surface area contributed by atoms with Gasteiger partial charge in [-0.2, -0.15) is 9.61 Å². The first-order chi connectivity index (χ1) is 13.2. The Morgan fingerprint density at radius 1 is 1.15 bits per heavy atom. The van der Waals surface area contributed by atoms with E-state index in [1.54, 1.807) is 0 Å². The largest absolute Gasteiger partial charge is 0.356 e. The number of likely N-dealkylation sites (tertiary alicyclic amines) is 1. The van der Waals surface area contributed by atoms with Crippen molar-refractivity contribution in [3.63, 3.8) is 0 Å². The van der Waals surface area contributed by atoms with E-state index in [-0.39, 0.29) is 0 Å². The van der Waals surface area contributed by atoms with Crippen LogP contribution < -0.4 is 4.90 Å². The average Bonchev–Trinajstić information content (AvgIpc) is 3.37. The summed E-state index contributed by atoms with van der Waals surface area (Å²) in [6, 6.07) is 4.07. The number of piperidine rings is 1. The Balaban J connectivity index is 1.19. The molecule has 5 rings (SSSR count). The number of nitrogens with zero attached hydrogens (tertiary/aromatic N) is 5. The summed E-state index contributed by atoms with van der Waals surface area (Å²) in [5, 5.41) is 4.43. The number of hydrogen-bond acceptors (Lipinski definition) is 4. The predicted octanol–water partition coefficient (Wildman–Crippen LogP) is 2.90. The molecule has 27 heavy (non-hydrogen) atoms. The molecule has 0 bridgehead atoms. The third kappa shape index (κ3) is 3.19. The second-order valence-corrected chi connectivity index (χ2v) is 8.74. The molecular weight excluding hydrogens is 338 g/mol. The van der Waals surface area contributed by atoms with E-state index in [1.807, 2.05) is 23.7 Å². The molecule has 3 aliphatic rings. The normalized spacial score (nSPS) is 26.1. The van der Waals surface area contributed by atoms with Crippen molar-refractivity contribution in [3.8, 4) is 0 Å². The summed E-state index contributed by atoms with van der Waals surface area (Å²) in [5.74, 6) is 3.63. The predicted molar refractivity (Wildman–Crippen MR) is 105 cm³/mol. The SMILES string of the molecule is Cc1cc(N2CCC(CC(=O)N3CC4CCCC4C3)CC2)n2nccc2n1. The van der Waals surface area contributed by atoms with E-state index in [1.165, 1.54) is 19.3 Å². The fourth-order valence-corrected chi connectivity index (χ4v) is 5.42. The Hall–Kier alpha value is -2.11. The van der Waals surface area contributed by atoms with Gasteiger partial charge < -0.3 is 9.80 Å². The number of rotatable bonds is 3. The summed E-state index contributed by atoms with van der Waals surface area (Å²) in [5.41, 5.74) is 1.93. The van der Waals surface area contributed by atoms with Gasteiger partial charge in [0.15, 0.2) is 5.65 Å². The zero-order chi connectivity index (χ0) is 18.4.